The lowest BCUT2D eigenvalue weighted by atomic mass is 9.90. The van der Waals surface area contributed by atoms with Crippen LogP contribution in [0.5, 0.6) is 0 Å². The maximum atomic E-state index is 12.6. The van der Waals surface area contributed by atoms with Crippen molar-refractivity contribution in [2.24, 2.45) is 5.92 Å². The van der Waals surface area contributed by atoms with Crippen molar-refractivity contribution in [3.8, 4) is 0 Å². The second kappa shape index (κ2) is 9.37. The number of nitrogens with zero attached hydrogens (tertiary/aromatic N) is 1. The van der Waals surface area contributed by atoms with Crippen molar-refractivity contribution in [1.29, 1.82) is 0 Å². The maximum Gasteiger partial charge on any atom is 0.227 e. The fourth-order valence-electron chi connectivity index (χ4n) is 3.49. The molecule has 5 nitrogen and oxygen atoms in total. The van der Waals surface area contributed by atoms with E-state index in [0.717, 1.165) is 49.3 Å². The molecular formula is C18H26BrN3O2S. The zero-order valence-electron chi connectivity index (χ0n) is 14.5. The van der Waals surface area contributed by atoms with E-state index < -0.39 is 0 Å². The summed E-state index contributed by atoms with van der Waals surface area (Å²) in [6.07, 6.45) is 2.05. The second-order valence-electron chi connectivity index (χ2n) is 6.64. The summed E-state index contributed by atoms with van der Waals surface area (Å²) in [5, 5.41) is 6.76. The molecular weight excluding hydrogens is 402 g/mol. The lowest BCUT2D eigenvalue weighted by molar-refractivity contribution is -0.130. The average Bonchev–Trinajstić information content (AvgIpc) is 2.61. The Hall–Kier alpha value is -0.600. The van der Waals surface area contributed by atoms with Gasteiger partial charge < -0.3 is 15.0 Å². The van der Waals surface area contributed by atoms with Crippen molar-refractivity contribution in [3.05, 3.63) is 34.3 Å². The molecule has 2 fully saturated rings. The van der Waals surface area contributed by atoms with Crippen LogP contribution in [0.2, 0.25) is 0 Å². The zero-order valence-corrected chi connectivity index (χ0v) is 16.9. The molecule has 0 bridgehead atoms. The highest BCUT2D eigenvalue weighted by atomic mass is 79.9. The fourth-order valence-corrected chi connectivity index (χ4v) is 4.94. The van der Waals surface area contributed by atoms with Gasteiger partial charge in [-0.25, -0.2) is 0 Å². The molecule has 2 aliphatic rings. The Bertz CT molecular complexity index is 589. The number of halogens is 1. The molecule has 0 aliphatic carbocycles. The molecule has 0 radical (unpaired) electrons. The number of carbonyl (C=O) groups excluding carboxylic acids is 1. The van der Waals surface area contributed by atoms with Gasteiger partial charge in [0.25, 0.3) is 0 Å². The number of carbonyl (C=O) groups is 1. The molecule has 2 heterocycles. The normalized spacial score (nSPS) is 27.0. The SMILES string of the molecule is COCCCN1CCC2NC(SCc3cccc(Br)c3)NC(=O)C2C1. The van der Waals surface area contributed by atoms with Gasteiger partial charge in [-0.1, -0.05) is 28.1 Å². The molecule has 138 valence electrons. The van der Waals surface area contributed by atoms with Crippen LogP contribution in [0, 0.1) is 5.92 Å². The van der Waals surface area contributed by atoms with Gasteiger partial charge in [-0.3, -0.25) is 10.1 Å². The van der Waals surface area contributed by atoms with Crippen LogP contribution in [-0.4, -0.2) is 55.7 Å². The largest absolute Gasteiger partial charge is 0.385 e. The number of hydrogen-bond donors (Lipinski definition) is 2. The summed E-state index contributed by atoms with van der Waals surface area (Å²) in [4.78, 5) is 14.9. The molecule has 7 heteroatoms. The fraction of sp³-hybridized carbons (Fsp3) is 0.611. The lowest BCUT2D eigenvalue weighted by Crippen LogP contribution is -2.64. The Morgan fingerprint density at radius 1 is 1.44 bits per heavy atom. The average molecular weight is 428 g/mol. The van der Waals surface area contributed by atoms with Gasteiger partial charge in [-0.2, -0.15) is 0 Å². The molecule has 2 N–H and O–H groups in total. The first kappa shape index (κ1) is 19.2. The Morgan fingerprint density at radius 2 is 2.32 bits per heavy atom. The number of hydrogen-bond acceptors (Lipinski definition) is 5. The van der Waals surface area contributed by atoms with Gasteiger partial charge in [-0.15, -0.1) is 11.8 Å². The van der Waals surface area contributed by atoms with E-state index in [-0.39, 0.29) is 23.4 Å². The molecule has 0 saturated carbocycles. The highest BCUT2D eigenvalue weighted by Crippen LogP contribution is 2.26. The number of piperidine rings is 1. The number of benzene rings is 1. The Balaban J connectivity index is 1.48. The third kappa shape index (κ3) is 5.44. The van der Waals surface area contributed by atoms with Crippen molar-refractivity contribution in [2.75, 3.05) is 33.4 Å². The standard InChI is InChI=1S/C18H26BrN3O2S/c1-24-9-3-7-22-8-6-16-15(11-22)17(23)21-18(20-16)25-12-13-4-2-5-14(19)10-13/h2,4-5,10,15-16,18,20H,3,6-9,11-12H2,1H3,(H,21,23). The molecule has 25 heavy (non-hydrogen) atoms. The number of thioether (sulfide) groups is 1. The minimum absolute atomic E-state index is 0.00669. The van der Waals surface area contributed by atoms with E-state index in [1.807, 2.05) is 12.1 Å². The quantitative estimate of drug-likeness (QED) is 0.654. The van der Waals surface area contributed by atoms with Crippen molar-refractivity contribution in [2.45, 2.75) is 30.1 Å². The monoisotopic (exact) mass is 427 g/mol. The molecule has 3 rings (SSSR count). The summed E-state index contributed by atoms with van der Waals surface area (Å²) < 4.78 is 6.21. The van der Waals surface area contributed by atoms with E-state index in [0.29, 0.717) is 0 Å². The summed E-state index contributed by atoms with van der Waals surface area (Å²) in [6.45, 7) is 3.68. The van der Waals surface area contributed by atoms with Crippen LogP contribution in [0.4, 0.5) is 0 Å². The summed E-state index contributed by atoms with van der Waals surface area (Å²) in [6, 6.07) is 8.59. The third-order valence-corrected chi connectivity index (χ3v) is 6.38. The van der Waals surface area contributed by atoms with E-state index in [1.165, 1.54) is 5.56 Å². The number of amides is 1. The first-order chi connectivity index (χ1) is 12.2. The zero-order chi connectivity index (χ0) is 17.6. The van der Waals surface area contributed by atoms with E-state index in [1.54, 1.807) is 18.9 Å². The first-order valence-corrected chi connectivity index (χ1v) is 10.6. The summed E-state index contributed by atoms with van der Waals surface area (Å²) >= 11 is 5.25. The molecule has 2 saturated heterocycles. The molecule has 3 atom stereocenters. The number of methoxy groups -OCH3 is 1. The lowest BCUT2D eigenvalue weighted by Gasteiger charge is -2.43. The van der Waals surface area contributed by atoms with E-state index in [4.69, 9.17) is 4.74 Å². The van der Waals surface area contributed by atoms with Crippen LogP contribution in [0.25, 0.3) is 0 Å². The molecule has 1 aromatic carbocycles. The molecule has 1 aromatic rings. The Labute approximate surface area is 162 Å². The molecule has 0 spiro atoms. The minimum Gasteiger partial charge on any atom is -0.385 e. The Morgan fingerprint density at radius 3 is 3.12 bits per heavy atom. The van der Waals surface area contributed by atoms with Crippen molar-refractivity contribution < 1.29 is 9.53 Å². The van der Waals surface area contributed by atoms with Crippen LogP contribution < -0.4 is 10.6 Å². The van der Waals surface area contributed by atoms with Crippen molar-refractivity contribution in [1.82, 2.24) is 15.5 Å². The summed E-state index contributed by atoms with van der Waals surface area (Å²) in [5.74, 6) is 1.11. The van der Waals surface area contributed by atoms with Crippen LogP contribution in [0.15, 0.2) is 28.7 Å². The maximum absolute atomic E-state index is 12.6. The first-order valence-electron chi connectivity index (χ1n) is 8.79. The topological polar surface area (TPSA) is 53.6 Å². The van der Waals surface area contributed by atoms with Gasteiger partial charge in [-0.05, 0) is 37.1 Å². The van der Waals surface area contributed by atoms with Gasteiger partial charge in [0.05, 0.1) is 5.92 Å². The van der Waals surface area contributed by atoms with Gasteiger partial charge in [0, 0.05) is 43.1 Å². The van der Waals surface area contributed by atoms with Gasteiger partial charge >= 0.3 is 0 Å². The third-order valence-electron chi connectivity index (χ3n) is 4.80. The summed E-state index contributed by atoms with van der Waals surface area (Å²) in [7, 11) is 1.73. The highest BCUT2D eigenvalue weighted by Gasteiger charge is 2.39. The number of likely N-dealkylation sites (tertiary alicyclic amines) is 1. The molecule has 0 aromatic heterocycles. The molecule has 1 amide bonds. The smallest absolute Gasteiger partial charge is 0.227 e. The molecule has 3 unspecified atom stereocenters. The van der Waals surface area contributed by atoms with E-state index in [9.17, 15) is 4.79 Å². The van der Waals surface area contributed by atoms with Crippen LogP contribution >= 0.6 is 27.7 Å². The van der Waals surface area contributed by atoms with Gasteiger partial charge in [0.1, 0.15) is 5.50 Å². The van der Waals surface area contributed by atoms with Crippen LogP contribution in [0.3, 0.4) is 0 Å². The second-order valence-corrected chi connectivity index (χ2v) is 8.65. The van der Waals surface area contributed by atoms with Gasteiger partial charge in [0.15, 0.2) is 0 Å². The Kier molecular flexibility index (Phi) is 7.18. The van der Waals surface area contributed by atoms with Crippen LogP contribution in [-0.2, 0) is 15.3 Å². The predicted octanol–water partition coefficient (Wildman–Crippen LogP) is 2.41. The van der Waals surface area contributed by atoms with Gasteiger partial charge in [0.2, 0.25) is 5.91 Å². The van der Waals surface area contributed by atoms with E-state index in [2.05, 4.69) is 43.6 Å². The number of rotatable bonds is 7. The van der Waals surface area contributed by atoms with Crippen LogP contribution in [0.1, 0.15) is 18.4 Å². The van der Waals surface area contributed by atoms with Crippen molar-refractivity contribution >= 4 is 33.6 Å². The highest BCUT2D eigenvalue weighted by molar-refractivity contribution is 9.10. The minimum atomic E-state index is -0.00669. The number of nitrogens with one attached hydrogen (secondary N) is 2. The molecule has 2 aliphatic heterocycles. The number of fused-ring (bicyclic) bond motifs is 1. The predicted molar refractivity (Wildman–Crippen MR) is 105 cm³/mol. The van der Waals surface area contributed by atoms with E-state index >= 15 is 0 Å². The number of ether oxygens (including phenoxy) is 1. The summed E-state index contributed by atoms with van der Waals surface area (Å²) in [5.41, 5.74) is 1.25. The van der Waals surface area contributed by atoms with Crippen molar-refractivity contribution in [3.63, 3.8) is 0 Å².